The van der Waals surface area contributed by atoms with Gasteiger partial charge in [-0.25, -0.2) is 0 Å². The second-order valence-corrected chi connectivity index (χ2v) is 8.21. The van der Waals surface area contributed by atoms with Gasteiger partial charge in [0.05, 0.1) is 18.8 Å². The van der Waals surface area contributed by atoms with Gasteiger partial charge >= 0.3 is 0 Å². The van der Waals surface area contributed by atoms with E-state index in [1.54, 1.807) is 0 Å². The van der Waals surface area contributed by atoms with Crippen LogP contribution in [0.2, 0.25) is 0 Å². The smallest absolute Gasteiger partial charge is 0.223 e. The summed E-state index contributed by atoms with van der Waals surface area (Å²) in [6.07, 6.45) is 9.35. The second kappa shape index (κ2) is 7.30. The number of ether oxygens (including phenoxy) is 2. The molecule has 24 heavy (non-hydrogen) atoms. The van der Waals surface area contributed by atoms with E-state index in [4.69, 9.17) is 9.47 Å². The molecular weight excluding hydrogens is 304 g/mol. The fraction of sp³-hybridized carbons (Fsp3) is 0.947. The summed E-state index contributed by atoms with van der Waals surface area (Å²) in [7, 11) is 0. The molecule has 136 valence electrons. The van der Waals surface area contributed by atoms with Crippen LogP contribution in [0.25, 0.3) is 0 Å². The van der Waals surface area contributed by atoms with E-state index < -0.39 is 0 Å². The maximum absolute atomic E-state index is 12.5. The first-order valence-electron chi connectivity index (χ1n) is 9.98. The van der Waals surface area contributed by atoms with Crippen molar-refractivity contribution in [2.24, 2.45) is 5.92 Å². The molecule has 0 aromatic carbocycles. The van der Waals surface area contributed by atoms with E-state index in [1.165, 1.54) is 32.4 Å². The monoisotopic (exact) mass is 336 g/mol. The fourth-order valence-electron chi connectivity index (χ4n) is 4.89. The minimum Gasteiger partial charge on any atom is -0.378 e. The minimum absolute atomic E-state index is 0.0639. The van der Waals surface area contributed by atoms with Gasteiger partial charge in [-0.2, -0.15) is 0 Å². The molecule has 0 aromatic rings. The quantitative estimate of drug-likeness (QED) is 0.791. The standard InChI is InChI=1S/C19H32N2O3/c22-18(21-9-12-23-13-10-21)14-16-4-11-24-19(15-16)5-7-20(8-6-19)17-2-1-3-17/h16-17H,1-15H2. The lowest BCUT2D eigenvalue weighted by atomic mass is 9.77. The summed E-state index contributed by atoms with van der Waals surface area (Å²) in [6, 6.07) is 0.852. The minimum atomic E-state index is 0.0639. The lowest BCUT2D eigenvalue weighted by Gasteiger charge is -2.49. The molecule has 4 fully saturated rings. The van der Waals surface area contributed by atoms with Crippen LogP contribution in [0.1, 0.15) is 51.4 Å². The molecule has 4 aliphatic rings. The molecule has 3 aliphatic heterocycles. The Labute approximate surface area is 145 Å². The molecular formula is C19H32N2O3. The van der Waals surface area contributed by atoms with Crippen molar-refractivity contribution in [3.05, 3.63) is 0 Å². The Morgan fingerprint density at radius 1 is 1.00 bits per heavy atom. The number of hydrogen-bond acceptors (Lipinski definition) is 4. The molecule has 5 heteroatoms. The van der Waals surface area contributed by atoms with E-state index >= 15 is 0 Å². The van der Waals surface area contributed by atoms with Crippen molar-refractivity contribution >= 4 is 5.91 Å². The van der Waals surface area contributed by atoms with Gasteiger partial charge < -0.3 is 19.3 Å². The maximum Gasteiger partial charge on any atom is 0.223 e. The highest BCUT2D eigenvalue weighted by atomic mass is 16.5. The summed E-state index contributed by atoms with van der Waals surface area (Å²) in [6.45, 7) is 6.14. The molecule has 3 heterocycles. The van der Waals surface area contributed by atoms with Crippen molar-refractivity contribution in [2.45, 2.75) is 63.0 Å². The van der Waals surface area contributed by atoms with Crippen molar-refractivity contribution in [1.29, 1.82) is 0 Å². The molecule has 4 rings (SSSR count). The Hall–Kier alpha value is -0.650. The third-order valence-corrected chi connectivity index (χ3v) is 6.72. The van der Waals surface area contributed by atoms with E-state index in [0.29, 0.717) is 31.5 Å². The summed E-state index contributed by atoms with van der Waals surface area (Å²) in [5.74, 6) is 0.830. The Morgan fingerprint density at radius 3 is 2.42 bits per heavy atom. The van der Waals surface area contributed by atoms with Gasteiger partial charge in [0.15, 0.2) is 0 Å². The number of hydrogen-bond donors (Lipinski definition) is 0. The van der Waals surface area contributed by atoms with Gasteiger partial charge in [-0.1, -0.05) is 6.42 Å². The molecule has 5 nitrogen and oxygen atoms in total. The van der Waals surface area contributed by atoms with Gasteiger partial charge in [-0.3, -0.25) is 4.79 Å². The van der Waals surface area contributed by atoms with Crippen LogP contribution in [0.3, 0.4) is 0 Å². The molecule has 0 aromatic heterocycles. The van der Waals surface area contributed by atoms with Crippen LogP contribution in [-0.2, 0) is 14.3 Å². The molecule has 0 N–H and O–H groups in total. The summed E-state index contributed by atoms with van der Waals surface area (Å²) in [4.78, 5) is 17.2. The Bertz CT molecular complexity index is 438. The van der Waals surface area contributed by atoms with E-state index in [2.05, 4.69) is 4.90 Å². The zero-order valence-corrected chi connectivity index (χ0v) is 14.9. The lowest BCUT2D eigenvalue weighted by molar-refractivity contribution is -0.146. The van der Waals surface area contributed by atoms with Crippen LogP contribution in [-0.4, -0.2) is 73.3 Å². The number of rotatable bonds is 3. The number of likely N-dealkylation sites (tertiary alicyclic amines) is 1. The molecule has 1 saturated carbocycles. The van der Waals surface area contributed by atoms with Gasteiger partial charge in [-0.05, 0) is 44.4 Å². The summed E-state index contributed by atoms with van der Waals surface area (Å²) < 4.78 is 11.6. The molecule has 0 radical (unpaired) electrons. The average Bonchev–Trinajstić information content (AvgIpc) is 2.57. The predicted molar refractivity (Wildman–Crippen MR) is 91.9 cm³/mol. The van der Waals surface area contributed by atoms with Crippen LogP contribution in [0, 0.1) is 5.92 Å². The van der Waals surface area contributed by atoms with Gasteiger partial charge in [-0.15, -0.1) is 0 Å². The Kier molecular flexibility index (Phi) is 5.11. The molecule has 1 atom stereocenters. The number of piperidine rings is 1. The number of amides is 1. The van der Waals surface area contributed by atoms with Crippen molar-refractivity contribution < 1.29 is 14.3 Å². The SMILES string of the molecule is O=C(CC1CCOC2(CCN(C3CCC3)CC2)C1)N1CCOCC1. The van der Waals surface area contributed by atoms with Crippen molar-refractivity contribution in [3.63, 3.8) is 0 Å². The van der Waals surface area contributed by atoms with Gasteiger partial charge in [0.1, 0.15) is 0 Å². The van der Waals surface area contributed by atoms with Crippen molar-refractivity contribution in [3.8, 4) is 0 Å². The van der Waals surface area contributed by atoms with Crippen LogP contribution in [0.15, 0.2) is 0 Å². The van der Waals surface area contributed by atoms with Crippen molar-refractivity contribution in [2.75, 3.05) is 46.0 Å². The highest BCUT2D eigenvalue weighted by Crippen LogP contribution is 2.40. The Balaban J connectivity index is 1.28. The first-order chi connectivity index (χ1) is 11.7. The van der Waals surface area contributed by atoms with E-state index in [-0.39, 0.29) is 5.60 Å². The Morgan fingerprint density at radius 2 is 1.75 bits per heavy atom. The summed E-state index contributed by atoms with van der Waals surface area (Å²) in [5, 5.41) is 0. The third kappa shape index (κ3) is 3.63. The molecule has 1 aliphatic carbocycles. The number of carbonyl (C=O) groups is 1. The van der Waals surface area contributed by atoms with E-state index in [0.717, 1.165) is 51.4 Å². The van der Waals surface area contributed by atoms with Gasteiger partial charge in [0, 0.05) is 45.2 Å². The topological polar surface area (TPSA) is 42.0 Å². The number of morpholine rings is 1. The highest BCUT2D eigenvalue weighted by Gasteiger charge is 2.42. The zero-order chi connectivity index (χ0) is 16.4. The fourth-order valence-corrected chi connectivity index (χ4v) is 4.89. The molecule has 1 amide bonds. The maximum atomic E-state index is 12.5. The second-order valence-electron chi connectivity index (χ2n) is 8.21. The first-order valence-corrected chi connectivity index (χ1v) is 9.98. The normalized spacial score (nSPS) is 31.8. The molecule has 1 spiro atoms. The van der Waals surface area contributed by atoms with E-state index in [1.807, 2.05) is 4.90 Å². The van der Waals surface area contributed by atoms with E-state index in [9.17, 15) is 4.79 Å². The largest absolute Gasteiger partial charge is 0.378 e. The van der Waals surface area contributed by atoms with Gasteiger partial charge in [0.2, 0.25) is 5.91 Å². The molecule has 1 unspecified atom stereocenters. The van der Waals surface area contributed by atoms with Crippen LogP contribution in [0.4, 0.5) is 0 Å². The highest BCUT2D eigenvalue weighted by molar-refractivity contribution is 5.76. The summed E-state index contributed by atoms with van der Waals surface area (Å²) >= 11 is 0. The number of nitrogens with zero attached hydrogens (tertiary/aromatic N) is 2. The first kappa shape index (κ1) is 16.8. The zero-order valence-electron chi connectivity index (χ0n) is 14.9. The predicted octanol–water partition coefficient (Wildman–Crippen LogP) is 2.05. The average molecular weight is 336 g/mol. The van der Waals surface area contributed by atoms with Crippen LogP contribution >= 0.6 is 0 Å². The molecule has 3 saturated heterocycles. The number of carbonyl (C=O) groups excluding carboxylic acids is 1. The van der Waals surface area contributed by atoms with Crippen molar-refractivity contribution in [1.82, 2.24) is 9.80 Å². The summed E-state index contributed by atoms with van der Waals surface area (Å²) in [5.41, 5.74) is 0.0639. The lowest BCUT2D eigenvalue weighted by Crippen LogP contribution is -2.53. The third-order valence-electron chi connectivity index (χ3n) is 6.72. The molecule has 0 bridgehead atoms. The van der Waals surface area contributed by atoms with Crippen LogP contribution in [0.5, 0.6) is 0 Å². The van der Waals surface area contributed by atoms with Crippen LogP contribution < -0.4 is 0 Å². The van der Waals surface area contributed by atoms with Gasteiger partial charge in [0.25, 0.3) is 0 Å².